The smallest absolute Gasteiger partial charge is 0.407 e. The number of aliphatic hydroxyl groups excluding tert-OH is 1. The minimum absolute atomic E-state index is 0.0511. The summed E-state index contributed by atoms with van der Waals surface area (Å²) in [5.41, 5.74) is 2.52. The van der Waals surface area contributed by atoms with Gasteiger partial charge in [-0.2, -0.15) is 4.31 Å². The van der Waals surface area contributed by atoms with Crippen LogP contribution in [-0.2, 0) is 27.8 Å². The van der Waals surface area contributed by atoms with Crippen LogP contribution in [0, 0.1) is 0 Å². The number of aliphatic hydroxyl groups is 1. The van der Waals surface area contributed by atoms with Crippen molar-refractivity contribution in [2.24, 2.45) is 0 Å². The lowest BCUT2D eigenvalue weighted by Gasteiger charge is -2.32. The van der Waals surface area contributed by atoms with Crippen LogP contribution in [-0.4, -0.2) is 60.7 Å². The van der Waals surface area contributed by atoms with Crippen LogP contribution >= 0.6 is 11.3 Å². The Morgan fingerprint density at radius 3 is 2.46 bits per heavy atom. The molecule has 0 aliphatic rings. The van der Waals surface area contributed by atoms with Gasteiger partial charge in [0.25, 0.3) is 0 Å². The van der Waals surface area contributed by atoms with Crippen LogP contribution in [0.1, 0.15) is 30.7 Å². The van der Waals surface area contributed by atoms with Crippen LogP contribution in [0.4, 0.5) is 4.79 Å². The first-order valence-corrected chi connectivity index (χ1v) is 14.2. The van der Waals surface area contributed by atoms with Crippen molar-refractivity contribution in [3.05, 3.63) is 76.7 Å². The molecule has 0 radical (unpaired) electrons. The topological polar surface area (TPSA) is 118 Å². The molecule has 11 heteroatoms. The van der Waals surface area contributed by atoms with E-state index in [0.29, 0.717) is 12.2 Å². The maximum absolute atomic E-state index is 13.6. The van der Waals surface area contributed by atoms with Crippen LogP contribution in [0.2, 0.25) is 0 Å². The fraction of sp³-hybridized carbons (Fsp3) is 0.385. The van der Waals surface area contributed by atoms with Gasteiger partial charge in [0, 0.05) is 18.8 Å². The Morgan fingerprint density at radius 1 is 1.16 bits per heavy atom. The van der Waals surface area contributed by atoms with Gasteiger partial charge in [-0.1, -0.05) is 37.3 Å². The molecule has 3 aromatic rings. The van der Waals surface area contributed by atoms with E-state index in [1.54, 1.807) is 30.8 Å². The van der Waals surface area contributed by atoms with Gasteiger partial charge in [0.1, 0.15) is 12.4 Å². The summed E-state index contributed by atoms with van der Waals surface area (Å²) in [6.07, 6.45) is 0.520. The second-order valence-electron chi connectivity index (χ2n) is 8.56. The van der Waals surface area contributed by atoms with E-state index in [1.165, 1.54) is 34.9 Å². The van der Waals surface area contributed by atoms with Crippen molar-refractivity contribution >= 4 is 27.5 Å². The Bertz CT molecular complexity index is 1200. The third-order valence-corrected chi connectivity index (χ3v) is 8.76. The van der Waals surface area contributed by atoms with Gasteiger partial charge in [-0.25, -0.2) is 13.2 Å². The molecular formula is C26H33N3O6S2. The zero-order valence-corrected chi connectivity index (χ0v) is 22.7. The number of aromatic nitrogens is 1. The molecule has 0 aliphatic heterocycles. The van der Waals surface area contributed by atoms with Gasteiger partial charge in [-0.3, -0.25) is 4.98 Å². The first kappa shape index (κ1) is 28.6. The number of sulfonamides is 1. The molecule has 0 saturated heterocycles. The number of carbonyl (C=O) groups is 1. The van der Waals surface area contributed by atoms with Crippen LogP contribution in [0.25, 0.3) is 0 Å². The highest BCUT2D eigenvalue weighted by Gasteiger charge is 2.33. The van der Waals surface area contributed by atoms with Crippen molar-refractivity contribution in [3.8, 4) is 5.75 Å². The molecule has 0 saturated carbocycles. The second-order valence-corrected chi connectivity index (χ2v) is 11.4. The average Bonchev–Trinajstić information content (AvgIpc) is 3.44. The third kappa shape index (κ3) is 8.00. The summed E-state index contributed by atoms with van der Waals surface area (Å²) in [5.74, 6) is 0.540. The minimum atomic E-state index is -3.94. The summed E-state index contributed by atoms with van der Waals surface area (Å²) in [6.45, 7) is 3.51. The van der Waals surface area contributed by atoms with E-state index in [2.05, 4.69) is 10.3 Å². The standard InChI is InChI=1S/C26H33N3O6S2/c1-4-19(2)29(37(32,33)23-12-10-21(34-3)11-13-23)16-25(30)24(14-20-8-6-5-7-9-20)28-26(31)35-17-22-15-27-18-36-22/h5-13,15,18-19,24-25,30H,4,14,16-17H2,1-3H3,(H,28,31)/t19?,24?,25-/m1/s1. The average molecular weight is 548 g/mol. The molecule has 0 bridgehead atoms. The van der Waals surface area contributed by atoms with E-state index in [1.807, 2.05) is 37.3 Å². The second kappa shape index (κ2) is 13.5. The fourth-order valence-corrected chi connectivity index (χ4v) is 5.94. The van der Waals surface area contributed by atoms with Crippen LogP contribution in [0.3, 0.4) is 0 Å². The fourth-order valence-electron chi connectivity index (χ4n) is 3.71. The number of ether oxygens (including phenoxy) is 2. The van der Waals surface area contributed by atoms with E-state index < -0.39 is 34.3 Å². The van der Waals surface area contributed by atoms with E-state index in [9.17, 15) is 18.3 Å². The maximum atomic E-state index is 13.6. The summed E-state index contributed by atoms with van der Waals surface area (Å²) >= 11 is 1.36. The molecule has 2 N–H and O–H groups in total. The maximum Gasteiger partial charge on any atom is 0.407 e. The predicted molar refractivity (Wildman–Crippen MR) is 142 cm³/mol. The van der Waals surface area contributed by atoms with Crippen molar-refractivity contribution in [3.63, 3.8) is 0 Å². The van der Waals surface area contributed by atoms with Crippen molar-refractivity contribution in [1.82, 2.24) is 14.6 Å². The highest BCUT2D eigenvalue weighted by molar-refractivity contribution is 7.89. The Hall–Kier alpha value is -2.99. The molecule has 1 aromatic heterocycles. The van der Waals surface area contributed by atoms with Crippen LogP contribution in [0.15, 0.2) is 71.2 Å². The van der Waals surface area contributed by atoms with Gasteiger partial charge < -0.3 is 19.9 Å². The Kier molecular flexibility index (Phi) is 10.4. The number of hydrogen-bond acceptors (Lipinski definition) is 8. The molecule has 9 nitrogen and oxygen atoms in total. The zero-order chi connectivity index (χ0) is 26.8. The van der Waals surface area contributed by atoms with E-state index >= 15 is 0 Å². The zero-order valence-electron chi connectivity index (χ0n) is 21.1. The van der Waals surface area contributed by atoms with Crippen molar-refractivity contribution in [2.45, 2.75) is 56.4 Å². The number of thiazole rings is 1. The number of amides is 1. The molecule has 200 valence electrons. The van der Waals surface area contributed by atoms with Gasteiger partial charge in [-0.05, 0) is 49.6 Å². The molecule has 0 aliphatic carbocycles. The number of nitrogens with one attached hydrogen (secondary N) is 1. The first-order chi connectivity index (χ1) is 17.7. The Balaban J connectivity index is 1.80. The summed E-state index contributed by atoms with van der Waals surface area (Å²) in [6, 6.07) is 14.3. The van der Waals surface area contributed by atoms with Gasteiger partial charge in [0.2, 0.25) is 10.0 Å². The number of alkyl carbamates (subject to hydrolysis) is 1. The van der Waals surface area contributed by atoms with Crippen LogP contribution < -0.4 is 10.1 Å². The number of carbonyl (C=O) groups excluding carboxylic acids is 1. The number of hydrogen-bond donors (Lipinski definition) is 2. The van der Waals surface area contributed by atoms with E-state index in [0.717, 1.165) is 10.4 Å². The summed E-state index contributed by atoms with van der Waals surface area (Å²) < 4.78 is 38.8. The summed E-state index contributed by atoms with van der Waals surface area (Å²) in [5, 5.41) is 14.0. The molecular weight excluding hydrogens is 514 g/mol. The largest absolute Gasteiger partial charge is 0.497 e. The highest BCUT2D eigenvalue weighted by atomic mass is 32.2. The third-order valence-electron chi connectivity index (χ3n) is 6.01. The summed E-state index contributed by atoms with van der Waals surface area (Å²) in [7, 11) is -2.43. The Morgan fingerprint density at radius 2 is 1.86 bits per heavy atom. The Labute approximate surface area is 222 Å². The van der Waals surface area contributed by atoms with Crippen molar-refractivity contribution in [1.29, 1.82) is 0 Å². The molecule has 37 heavy (non-hydrogen) atoms. The summed E-state index contributed by atoms with van der Waals surface area (Å²) in [4.78, 5) is 17.4. The lowest BCUT2D eigenvalue weighted by molar-refractivity contribution is 0.0835. The van der Waals surface area contributed by atoms with Gasteiger partial charge in [-0.15, -0.1) is 11.3 Å². The lowest BCUT2D eigenvalue weighted by atomic mass is 10.0. The number of nitrogens with zero attached hydrogens (tertiary/aromatic N) is 2. The van der Waals surface area contributed by atoms with Gasteiger partial charge in [0.05, 0.1) is 34.5 Å². The quantitative estimate of drug-likeness (QED) is 0.334. The number of methoxy groups -OCH3 is 1. The molecule has 1 heterocycles. The van der Waals surface area contributed by atoms with E-state index in [-0.39, 0.29) is 24.5 Å². The van der Waals surface area contributed by atoms with E-state index in [4.69, 9.17) is 9.47 Å². The normalized spacial score (nSPS) is 14.1. The van der Waals surface area contributed by atoms with Crippen LogP contribution in [0.5, 0.6) is 5.75 Å². The molecule has 2 aromatic carbocycles. The molecule has 3 atom stereocenters. The molecule has 2 unspecified atom stereocenters. The number of benzene rings is 2. The molecule has 0 spiro atoms. The molecule has 1 amide bonds. The van der Waals surface area contributed by atoms with Crippen molar-refractivity contribution in [2.75, 3.05) is 13.7 Å². The van der Waals surface area contributed by atoms with Crippen molar-refractivity contribution < 1.29 is 27.8 Å². The minimum Gasteiger partial charge on any atom is -0.497 e. The first-order valence-electron chi connectivity index (χ1n) is 11.9. The number of rotatable bonds is 13. The highest BCUT2D eigenvalue weighted by Crippen LogP contribution is 2.23. The molecule has 3 rings (SSSR count). The monoisotopic (exact) mass is 547 g/mol. The SMILES string of the molecule is CCC(C)N(C[C@@H](O)C(Cc1ccccc1)NC(=O)OCc1cncs1)S(=O)(=O)c1ccc(OC)cc1. The predicted octanol–water partition coefficient (Wildman–Crippen LogP) is 3.84. The lowest BCUT2D eigenvalue weighted by Crippen LogP contribution is -2.52. The van der Waals surface area contributed by atoms with Gasteiger partial charge >= 0.3 is 6.09 Å². The molecule has 0 fully saturated rings. The van der Waals surface area contributed by atoms with Gasteiger partial charge in [0.15, 0.2) is 0 Å².